The Labute approximate surface area is 248 Å². The van der Waals surface area contributed by atoms with Gasteiger partial charge in [0.05, 0.1) is 11.1 Å². The third kappa shape index (κ3) is 7.04. The predicted molar refractivity (Wildman–Crippen MR) is 165 cm³/mol. The summed E-state index contributed by atoms with van der Waals surface area (Å²) in [6, 6.07) is 22.0. The first-order chi connectivity index (χ1) is 19.9. The summed E-state index contributed by atoms with van der Waals surface area (Å²) in [6.07, 6.45) is 6.49. The summed E-state index contributed by atoms with van der Waals surface area (Å²) in [4.78, 5) is 38.8. The molecule has 0 aliphatic heterocycles. The average Bonchev–Trinajstić information content (AvgIpc) is 3.36. The van der Waals surface area contributed by atoms with Gasteiger partial charge in [0.15, 0.2) is 0 Å². The number of aromatic carboxylic acids is 1. The molecule has 5 rings (SSSR count). The summed E-state index contributed by atoms with van der Waals surface area (Å²) in [5, 5.41) is 15.7. The van der Waals surface area contributed by atoms with Gasteiger partial charge in [-0.05, 0) is 104 Å². The molecule has 0 spiro atoms. The van der Waals surface area contributed by atoms with Crippen LogP contribution in [0.4, 0.5) is 10.7 Å². The van der Waals surface area contributed by atoms with Crippen LogP contribution >= 0.6 is 22.9 Å². The molecule has 210 valence electrons. The molecule has 6 nitrogen and oxygen atoms in total. The number of carboxylic acid groups (broad SMARTS) is 1. The molecule has 1 aliphatic carbocycles. The quantitative estimate of drug-likeness (QED) is 0.166. The molecule has 0 bridgehead atoms. The Morgan fingerprint density at radius 1 is 0.780 bits per heavy atom. The van der Waals surface area contributed by atoms with E-state index in [1.165, 1.54) is 16.2 Å². The topological polar surface area (TPSA) is 95.5 Å². The second-order valence-electron chi connectivity index (χ2n) is 10.2. The molecule has 0 fully saturated rings. The second kappa shape index (κ2) is 13.1. The number of hydrogen-bond donors (Lipinski definition) is 3. The number of benzene rings is 3. The summed E-state index contributed by atoms with van der Waals surface area (Å²) < 4.78 is 0. The third-order valence-corrected chi connectivity index (χ3v) is 8.83. The van der Waals surface area contributed by atoms with Gasteiger partial charge in [0.25, 0.3) is 11.8 Å². The molecular weight excluding hydrogens is 556 g/mol. The Balaban J connectivity index is 1.24. The minimum absolute atomic E-state index is 0.216. The van der Waals surface area contributed by atoms with Crippen LogP contribution in [0.15, 0.2) is 72.8 Å². The number of amides is 2. The first-order valence-corrected chi connectivity index (χ1v) is 15.1. The van der Waals surface area contributed by atoms with E-state index in [-0.39, 0.29) is 11.8 Å². The summed E-state index contributed by atoms with van der Waals surface area (Å²) in [7, 11) is 0. The van der Waals surface area contributed by atoms with Crippen LogP contribution in [0.2, 0.25) is 0 Å². The zero-order valence-electron chi connectivity index (χ0n) is 22.5. The lowest BCUT2D eigenvalue weighted by Gasteiger charge is -2.14. The maximum Gasteiger partial charge on any atom is 0.335 e. The number of halogens is 1. The van der Waals surface area contributed by atoms with Gasteiger partial charge in [0, 0.05) is 22.0 Å². The molecule has 1 heterocycles. The Hall–Kier alpha value is -3.94. The number of thiophene rings is 1. The number of carbonyl (C=O) groups excluding carboxylic acids is 2. The molecule has 0 saturated carbocycles. The smallest absolute Gasteiger partial charge is 0.335 e. The minimum atomic E-state index is -0.919. The molecule has 8 heteroatoms. The zero-order valence-corrected chi connectivity index (χ0v) is 24.1. The Bertz CT molecular complexity index is 1560. The van der Waals surface area contributed by atoms with Gasteiger partial charge < -0.3 is 15.7 Å². The minimum Gasteiger partial charge on any atom is -0.478 e. The van der Waals surface area contributed by atoms with Crippen molar-refractivity contribution < 1.29 is 19.5 Å². The molecule has 0 atom stereocenters. The van der Waals surface area contributed by atoms with Crippen LogP contribution in [0.1, 0.15) is 77.5 Å². The maximum atomic E-state index is 13.6. The standard InChI is InChI=1S/C33H31ClN2O4S/c34-20-23-7-4-8-25(19-23)30(37)36-32-29(27-9-1-2-10-28(27)41-32)31(38)35-26-17-13-22(14-18-26)6-3-5-21-11-15-24(16-12-21)33(39)40/h4,7-8,11-19H,1-3,5-6,9-10,20H2,(H,35,38)(H,36,37)(H,39,40). The van der Waals surface area contributed by atoms with Crippen molar-refractivity contribution in [2.45, 2.75) is 50.8 Å². The molecule has 4 aromatic rings. The second-order valence-corrected chi connectivity index (χ2v) is 11.6. The fourth-order valence-electron chi connectivity index (χ4n) is 5.12. The van der Waals surface area contributed by atoms with Gasteiger partial charge in [-0.25, -0.2) is 4.79 Å². The van der Waals surface area contributed by atoms with Crippen molar-refractivity contribution in [1.29, 1.82) is 0 Å². The van der Waals surface area contributed by atoms with Crippen LogP contribution in [-0.4, -0.2) is 22.9 Å². The molecule has 0 saturated heterocycles. The maximum absolute atomic E-state index is 13.6. The van der Waals surface area contributed by atoms with E-state index in [2.05, 4.69) is 10.6 Å². The fraction of sp³-hybridized carbons (Fsp3) is 0.242. The lowest BCUT2D eigenvalue weighted by Crippen LogP contribution is -2.18. The Morgan fingerprint density at radius 2 is 1.46 bits per heavy atom. The van der Waals surface area contributed by atoms with E-state index >= 15 is 0 Å². The van der Waals surface area contributed by atoms with Crippen LogP contribution in [0.5, 0.6) is 0 Å². The highest BCUT2D eigenvalue weighted by atomic mass is 35.5. The number of carbonyl (C=O) groups is 3. The van der Waals surface area contributed by atoms with Gasteiger partial charge in [-0.3, -0.25) is 9.59 Å². The number of nitrogens with one attached hydrogen (secondary N) is 2. The molecule has 0 radical (unpaired) electrons. The van der Waals surface area contributed by atoms with E-state index in [1.54, 1.807) is 24.3 Å². The summed E-state index contributed by atoms with van der Waals surface area (Å²) in [6.45, 7) is 0. The van der Waals surface area contributed by atoms with E-state index in [4.69, 9.17) is 16.7 Å². The van der Waals surface area contributed by atoms with Crippen molar-refractivity contribution in [3.8, 4) is 0 Å². The summed E-state index contributed by atoms with van der Waals surface area (Å²) in [5.74, 6) is -1.07. The number of hydrogen-bond acceptors (Lipinski definition) is 4. The van der Waals surface area contributed by atoms with E-state index in [0.717, 1.165) is 67.2 Å². The summed E-state index contributed by atoms with van der Waals surface area (Å²) in [5.41, 5.74) is 6.22. The van der Waals surface area contributed by atoms with Crippen LogP contribution in [0, 0.1) is 0 Å². The SMILES string of the molecule is O=C(O)c1ccc(CCCc2ccc(NC(=O)c3c(NC(=O)c4cccc(CCl)c4)sc4c3CCCC4)cc2)cc1. The van der Waals surface area contributed by atoms with Gasteiger partial charge in [0.2, 0.25) is 0 Å². The van der Waals surface area contributed by atoms with Crippen molar-refractivity contribution >= 4 is 51.4 Å². The van der Waals surface area contributed by atoms with Crippen molar-refractivity contribution in [1.82, 2.24) is 0 Å². The number of fused-ring (bicyclic) bond motifs is 1. The normalized spacial score (nSPS) is 12.4. The van der Waals surface area contributed by atoms with Crippen LogP contribution in [-0.2, 0) is 31.6 Å². The first kappa shape index (κ1) is 28.6. The van der Waals surface area contributed by atoms with Crippen LogP contribution in [0.3, 0.4) is 0 Å². The lowest BCUT2D eigenvalue weighted by atomic mass is 9.95. The molecule has 3 N–H and O–H groups in total. The van der Waals surface area contributed by atoms with Crippen molar-refractivity contribution in [3.05, 3.63) is 117 Å². The van der Waals surface area contributed by atoms with E-state index in [0.29, 0.717) is 33.3 Å². The van der Waals surface area contributed by atoms with Crippen molar-refractivity contribution in [2.75, 3.05) is 10.6 Å². The zero-order chi connectivity index (χ0) is 28.8. The van der Waals surface area contributed by atoms with Gasteiger partial charge in [-0.2, -0.15) is 0 Å². The lowest BCUT2D eigenvalue weighted by molar-refractivity contribution is 0.0696. The van der Waals surface area contributed by atoms with Crippen molar-refractivity contribution in [3.63, 3.8) is 0 Å². The summed E-state index contributed by atoms with van der Waals surface area (Å²) >= 11 is 7.45. The third-order valence-electron chi connectivity index (χ3n) is 7.31. The van der Waals surface area contributed by atoms with Crippen molar-refractivity contribution in [2.24, 2.45) is 0 Å². The Morgan fingerprint density at radius 3 is 2.15 bits per heavy atom. The van der Waals surface area contributed by atoms with Gasteiger partial charge in [-0.15, -0.1) is 22.9 Å². The fourth-order valence-corrected chi connectivity index (χ4v) is 6.57. The van der Waals surface area contributed by atoms with Crippen LogP contribution < -0.4 is 10.6 Å². The molecule has 41 heavy (non-hydrogen) atoms. The number of rotatable bonds is 10. The highest BCUT2D eigenvalue weighted by molar-refractivity contribution is 7.17. The highest BCUT2D eigenvalue weighted by Crippen LogP contribution is 2.39. The Kier molecular flexibility index (Phi) is 9.17. The largest absolute Gasteiger partial charge is 0.478 e. The van der Waals surface area contributed by atoms with E-state index < -0.39 is 5.97 Å². The molecular formula is C33H31ClN2O4S. The molecule has 2 amide bonds. The van der Waals surface area contributed by atoms with E-state index in [1.807, 2.05) is 48.5 Å². The number of carboxylic acids is 1. The number of anilines is 2. The van der Waals surface area contributed by atoms with E-state index in [9.17, 15) is 14.4 Å². The molecule has 1 aliphatic rings. The number of aryl methyl sites for hydroxylation is 3. The monoisotopic (exact) mass is 586 g/mol. The molecule has 0 unspecified atom stereocenters. The highest BCUT2D eigenvalue weighted by Gasteiger charge is 2.27. The average molecular weight is 587 g/mol. The van der Waals surface area contributed by atoms with Crippen LogP contribution in [0.25, 0.3) is 0 Å². The molecule has 1 aromatic heterocycles. The first-order valence-electron chi connectivity index (χ1n) is 13.7. The van der Waals surface area contributed by atoms with Gasteiger partial charge in [0.1, 0.15) is 5.00 Å². The number of alkyl halides is 1. The molecule has 3 aromatic carbocycles. The predicted octanol–water partition coefficient (Wildman–Crippen LogP) is 7.74. The van der Waals surface area contributed by atoms with Gasteiger partial charge >= 0.3 is 5.97 Å². The van der Waals surface area contributed by atoms with Gasteiger partial charge in [-0.1, -0.05) is 36.4 Å².